The first kappa shape index (κ1) is 38.9. The Kier molecular flexibility index (Phi) is 9.79. The summed E-state index contributed by atoms with van der Waals surface area (Å²) in [5, 5.41) is 12.9. The van der Waals surface area contributed by atoms with E-state index in [1.807, 2.05) is 141 Å². The van der Waals surface area contributed by atoms with Crippen molar-refractivity contribution < 1.29 is 0 Å². The lowest BCUT2D eigenvalue weighted by Gasteiger charge is -2.20. The summed E-state index contributed by atoms with van der Waals surface area (Å²) in [5.41, 5.74) is 11.8. The van der Waals surface area contributed by atoms with Crippen LogP contribution in [0, 0.1) is 25.2 Å². The van der Waals surface area contributed by atoms with E-state index in [1.165, 1.54) is 0 Å². The van der Waals surface area contributed by atoms with E-state index < -0.39 is 0 Å². The minimum Gasteiger partial charge on any atom is -0.308 e. The number of nitrogens with zero attached hydrogens (tertiary/aromatic N) is 9. The normalized spacial score (nSPS) is 11.2. The molecule has 0 aliphatic carbocycles. The molecule has 0 fully saturated rings. The molecule has 9 heteroatoms. The smallest absolute Gasteiger partial charge is 0.163 e. The van der Waals surface area contributed by atoms with Crippen LogP contribution in [-0.2, 0) is 0 Å². The third-order valence-electron chi connectivity index (χ3n) is 11.5. The topological polar surface area (TPSA) is 119 Å². The quantitative estimate of drug-likeness (QED) is 0.148. The zero-order valence-electron chi connectivity index (χ0n) is 35.4. The molecular formula is C56H37N9. The Bertz CT molecular complexity index is 3340. The number of aromatic nitrogens is 8. The molecule has 7 aromatic carbocycles. The molecular weight excluding hydrogens is 799 g/mol. The van der Waals surface area contributed by atoms with Gasteiger partial charge in [0.1, 0.15) is 11.6 Å². The molecule has 11 aromatic rings. The van der Waals surface area contributed by atoms with Crippen molar-refractivity contribution in [3.8, 4) is 90.9 Å². The van der Waals surface area contributed by atoms with Gasteiger partial charge >= 0.3 is 0 Å². The zero-order chi connectivity index (χ0) is 43.9. The molecule has 4 aromatic heterocycles. The van der Waals surface area contributed by atoms with Gasteiger partial charge in [0, 0.05) is 49.7 Å². The van der Waals surface area contributed by atoms with Gasteiger partial charge in [-0.25, -0.2) is 34.9 Å². The van der Waals surface area contributed by atoms with Crippen LogP contribution in [0.25, 0.3) is 107 Å². The molecule has 0 atom stereocenters. The number of fused-ring (bicyclic) bond motifs is 3. The van der Waals surface area contributed by atoms with Gasteiger partial charge in [-0.15, -0.1) is 0 Å². The number of aryl methyl sites for hydroxylation is 2. The number of hydrogen-bond donors (Lipinski definition) is 0. The molecule has 11 rings (SSSR count). The summed E-state index contributed by atoms with van der Waals surface area (Å²) in [4.78, 5) is 35.1. The molecule has 0 spiro atoms. The molecule has 4 heterocycles. The van der Waals surface area contributed by atoms with Crippen molar-refractivity contribution in [2.24, 2.45) is 0 Å². The van der Waals surface area contributed by atoms with Crippen LogP contribution in [0.2, 0.25) is 0 Å². The van der Waals surface area contributed by atoms with Gasteiger partial charge in [-0.05, 0) is 62.4 Å². The molecule has 65 heavy (non-hydrogen) atoms. The molecule has 0 saturated carbocycles. The Morgan fingerprint density at radius 2 is 0.831 bits per heavy atom. The van der Waals surface area contributed by atoms with E-state index in [4.69, 9.17) is 29.9 Å². The van der Waals surface area contributed by atoms with Gasteiger partial charge in [0.15, 0.2) is 17.5 Å². The molecule has 0 saturated heterocycles. The van der Waals surface area contributed by atoms with Crippen molar-refractivity contribution in [3.63, 3.8) is 0 Å². The van der Waals surface area contributed by atoms with Gasteiger partial charge in [0.05, 0.1) is 51.1 Å². The maximum Gasteiger partial charge on any atom is 0.163 e. The predicted octanol–water partition coefficient (Wildman–Crippen LogP) is 12.7. The van der Waals surface area contributed by atoms with E-state index in [1.54, 1.807) is 0 Å². The maximum atomic E-state index is 10.9. The van der Waals surface area contributed by atoms with Gasteiger partial charge in [-0.1, -0.05) is 140 Å². The maximum absolute atomic E-state index is 10.9. The van der Waals surface area contributed by atoms with Crippen LogP contribution < -0.4 is 0 Å². The van der Waals surface area contributed by atoms with Gasteiger partial charge in [0.2, 0.25) is 0 Å². The minimum absolute atomic E-state index is 0.429. The van der Waals surface area contributed by atoms with Gasteiger partial charge in [-0.2, -0.15) is 5.26 Å². The van der Waals surface area contributed by atoms with Crippen LogP contribution in [0.1, 0.15) is 17.2 Å². The lowest BCUT2D eigenvalue weighted by Crippen LogP contribution is -2.06. The van der Waals surface area contributed by atoms with Crippen LogP contribution in [-0.4, -0.2) is 39.5 Å². The fraction of sp³-hybridized carbons (Fsp3) is 0.0357. The van der Waals surface area contributed by atoms with E-state index in [-0.39, 0.29) is 0 Å². The average molecular weight is 836 g/mol. The lowest BCUT2D eigenvalue weighted by atomic mass is 9.97. The third-order valence-corrected chi connectivity index (χ3v) is 11.5. The molecule has 0 bridgehead atoms. The monoisotopic (exact) mass is 835 g/mol. The summed E-state index contributed by atoms with van der Waals surface area (Å²) in [6.45, 7) is 3.77. The highest BCUT2D eigenvalue weighted by atomic mass is 15.0. The van der Waals surface area contributed by atoms with Crippen molar-refractivity contribution in [1.82, 2.24) is 39.5 Å². The number of rotatable bonds is 8. The zero-order valence-corrected chi connectivity index (χ0v) is 35.4. The van der Waals surface area contributed by atoms with Crippen LogP contribution in [0.5, 0.6) is 0 Å². The van der Waals surface area contributed by atoms with Gasteiger partial charge < -0.3 is 4.57 Å². The van der Waals surface area contributed by atoms with E-state index in [0.717, 1.165) is 72.4 Å². The van der Waals surface area contributed by atoms with E-state index in [0.29, 0.717) is 51.5 Å². The van der Waals surface area contributed by atoms with Crippen molar-refractivity contribution in [2.75, 3.05) is 0 Å². The highest BCUT2D eigenvalue weighted by molar-refractivity contribution is 6.11. The molecule has 0 N–H and O–H groups in total. The summed E-state index contributed by atoms with van der Waals surface area (Å²) < 4.78 is 2.26. The van der Waals surface area contributed by atoms with Crippen molar-refractivity contribution in [2.45, 2.75) is 13.8 Å². The largest absolute Gasteiger partial charge is 0.308 e. The lowest BCUT2D eigenvalue weighted by molar-refractivity contribution is 0.929. The Balaban J connectivity index is 1.28. The second-order valence-corrected chi connectivity index (χ2v) is 15.8. The van der Waals surface area contributed by atoms with Gasteiger partial charge in [0.25, 0.3) is 0 Å². The van der Waals surface area contributed by atoms with Crippen molar-refractivity contribution >= 4 is 21.8 Å². The Morgan fingerprint density at radius 1 is 0.369 bits per heavy atom. The summed E-state index contributed by atoms with van der Waals surface area (Å²) in [5.74, 6) is 2.93. The first-order chi connectivity index (χ1) is 32.0. The Hall–Kier alpha value is -9.00. The van der Waals surface area contributed by atoms with E-state index in [2.05, 4.69) is 76.3 Å². The van der Waals surface area contributed by atoms with E-state index in [9.17, 15) is 5.26 Å². The highest BCUT2D eigenvalue weighted by Gasteiger charge is 2.25. The third kappa shape index (κ3) is 7.35. The highest BCUT2D eigenvalue weighted by Crippen LogP contribution is 2.43. The number of hydrogen-bond acceptors (Lipinski definition) is 8. The molecule has 0 radical (unpaired) electrons. The number of benzene rings is 7. The summed E-state index contributed by atoms with van der Waals surface area (Å²) in [6.07, 6.45) is 0. The Labute approximate surface area is 375 Å². The number of para-hydroxylation sites is 1. The van der Waals surface area contributed by atoms with Crippen molar-refractivity contribution in [3.05, 3.63) is 205 Å². The van der Waals surface area contributed by atoms with E-state index >= 15 is 0 Å². The van der Waals surface area contributed by atoms with Crippen LogP contribution >= 0.6 is 0 Å². The summed E-state index contributed by atoms with van der Waals surface area (Å²) >= 11 is 0. The van der Waals surface area contributed by atoms with Crippen molar-refractivity contribution in [1.29, 1.82) is 5.26 Å². The first-order valence-electron chi connectivity index (χ1n) is 21.3. The van der Waals surface area contributed by atoms with Crippen LogP contribution in [0.3, 0.4) is 0 Å². The first-order valence-corrected chi connectivity index (χ1v) is 21.3. The number of nitriles is 1. The van der Waals surface area contributed by atoms with Crippen LogP contribution in [0.15, 0.2) is 188 Å². The van der Waals surface area contributed by atoms with Crippen LogP contribution in [0.4, 0.5) is 0 Å². The summed E-state index contributed by atoms with van der Waals surface area (Å²) in [7, 11) is 0. The van der Waals surface area contributed by atoms with Gasteiger partial charge in [-0.3, -0.25) is 0 Å². The molecule has 0 amide bonds. The fourth-order valence-electron chi connectivity index (χ4n) is 8.54. The molecule has 0 aliphatic rings. The standard InChI is InChI=1S/C56H37N9/c1-35-58-36(2)60-55(59-35)42-27-28-52-44(31-42)43-25-15-16-26-51(43)65(52)53-45(50-33-49(40-21-11-5-12-22-40)61-54(64-50)41-23-13-6-14-24-41)29-37(34-57)30-46(53)56-62-47(38-17-7-3-8-18-38)32-48(63-56)39-19-9-4-10-20-39/h3-33H,1-2H3. The fourth-order valence-corrected chi connectivity index (χ4v) is 8.54. The second-order valence-electron chi connectivity index (χ2n) is 15.8. The SMILES string of the molecule is Cc1nc(C)nc(-c2ccc3c(c2)c2ccccc2n3-c2c(-c3cc(-c4ccccc4)nc(-c4ccccc4)n3)cc(C#N)cc2-c2nc(-c3ccccc3)cc(-c3ccccc3)n2)n1. The molecule has 0 aliphatic heterocycles. The Morgan fingerprint density at radius 3 is 1.42 bits per heavy atom. The summed E-state index contributed by atoms with van der Waals surface area (Å²) in [6, 6.07) is 65.4. The second kappa shape index (κ2) is 16.4. The minimum atomic E-state index is 0.429. The molecule has 9 nitrogen and oxygen atoms in total. The average Bonchev–Trinajstić information content (AvgIpc) is 3.69. The molecule has 306 valence electrons. The molecule has 0 unspecified atom stereocenters. The predicted molar refractivity (Wildman–Crippen MR) is 258 cm³/mol.